The number of imidazole rings is 1. The van der Waals surface area contributed by atoms with Crippen molar-refractivity contribution in [1.29, 1.82) is 0 Å². The molecule has 0 bridgehead atoms. The number of hydrogen-bond acceptors (Lipinski definition) is 4. The normalized spacial score (nSPS) is 9.83. The summed E-state index contributed by atoms with van der Waals surface area (Å²) in [6, 6.07) is 6.92. The topological polar surface area (TPSA) is 86.2 Å². The Morgan fingerprint density at radius 1 is 1.00 bits per heavy atom. The maximum Gasteiger partial charge on any atom is 0.153 e. The molecule has 1 heterocycles. The van der Waals surface area contributed by atoms with E-state index in [4.69, 9.17) is 5.11 Å². The number of hydrogen-bond donors (Lipinski definition) is 3. The van der Waals surface area contributed by atoms with Gasteiger partial charge >= 0.3 is 0 Å². The SMILES string of the molecule is O=Cc1cc(F)ccc1O.Oc1ccc(F)cc1-c1ncc[nH]1. The van der Waals surface area contributed by atoms with Crippen molar-refractivity contribution in [3.8, 4) is 22.9 Å². The number of carbonyl (C=O) groups excluding carboxylic acids is 1. The van der Waals surface area contributed by atoms with E-state index in [2.05, 4.69) is 9.97 Å². The zero-order valence-electron chi connectivity index (χ0n) is 11.7. The van der Waals surface area contributed by atoms with Crippen molar-refractivity contribution in [1.82, 2.24) is 9.97 Å². The average Bonchev–Trinajstić information content (AvgIpc) is 3.07. The van der Waals surface area contributed by atoms with E-state index in [-0.39, 0.29) is 17.1 Å². The lowest BCUT2D eigenvalue weighted by molar-refractivity contribution is 0.112. The van der Waals surface area contributed by atoms with Crippen LogP contribution >= 0.6 is 0 Å². The monoisotopic (exact) mass is 318 g/mol. The number of phenols is 2. The summed E-state index contributed by atoms with van der Waals surface area (Å²) in [7, 11) is 0. The van der Waals surface area contributed by atoms with Gasteiger partial charge in [-0.1, -0.05) is 0 Å². The average molecular weight is 318 g/mol. The fraction of sp³-hybridized carbons (Fsp3) is 0. The Balaban J connectivity index is 0.000000174. The molecule has 0 aliphatic heterocycles. The molecule has 3 rings (SSSR count). The molecule has 118 valence electrons. The molecular weight excluding hydrogens is 306 g/mol. The molecule has 0 aliphatic rings. The zero-order valence-corrected chi connectivity index (χ0v) is 11.7. The van der Waals surface area contributed by atoms with Crippen LogP contribution in [0.5, 0.6) is 11.5 Å². The number of nitrogens with zero attached hydrogens (tertiary/aromatic N) is 1. The van der Waals surface area contributed by atoms with Crippen LogP contribution in [0.1, 0.15) is 10.4 Å². The van der Waals surface area contributed by atoms with E-state index in [1.165, 1.54) is 18.2 Å². The second-order valence-corrected chi connectivity index (χ2v) is 4.42. The summed E-state index contributed by atoms with van der Waals surface area (Å²) in [5, 5.41) is 18.2. The molecule has 0 amide bonds. The number of carbonyl (C=O) groups is 1. The lowest BCUT2D eigenvalue weighted by Gasteiger charge is -2.00. The van der Waals surface area contributed by atoms with Gasteiger partial charge in [-0.15, -0.1) is 0 Å². The van der Waals surface area contributed by atoms with Crippen LogP contribution in [0.2, 0.25) is 0 Å². The van der Waals surface area contributed by atoms with Gasteiger partial charge < -0.3 is 15.2 Å². The summed E-state index contributed by atoms with van der Waals surface area (Å²) >= 11 is 0. The van der Waals surface area contributed by atoms with Crippen LogP contribution in [0.25, 0.3) is 11.4 Å². The van der Waals surface area contributed by atoms with E-state index in [0.29, 0.717) is 17.7 Å². The molecule has 0 aliphatic carbocycles. The van der Waals surface area contributed by atoms with Gasteiger partial charge in [-0.2, -0.15) is 0 Å². The van der Waals surface area contributed by atoms with Crippen molar-refractivity contribution in [2.75, 3.05) is 0 Å². The molecule has 0 fully saturated rings. The zero-order chi connectivity index (χ0) is 16.8. The van der Waals surface area contributed by atoms with Crippen LogP contribution < -0.4 is 0 Å². The Labute approximate surface area is 129 Å². The number of rotatable bonds is 2. The smallest absolute Gasteiger partial charge is 0.153 e. The number of aromatic nitrogens is 2. The van der Waals surface area contributed by atoms with Crippen LogP contribution in [0.3, 0.4) is 0 Å². The summed E-state index contributed by atoms with van der Waals surface area (Å²) in [4.78, 5) is 16.7. The van der Waals surface area contributed by atoms with Crippen molar-refractivity contribution in [3.63, 3.8) is 0 Å². The summed E-state index contributed by atoms with van der Waals surface area (Å²) in [6.07, 6.45) is 3.55. The standard InChI is InChI=1S/C9H7FN2O.C7H5FO2/c10-6-1-2-8(13)7(5-6)9-11-3-4-12-9;8-6-1-2-7(10)5(3-6)4-9/h1-5,13H,(H,11,12);1-4,10H. The van der Waals surface area contributed by atoms with Crippen molar-refractivity contribution >= 4 is 6.29 Å². The summed E-state index contributed by atoms with van der Waals surface area (Å²) in [5.74, 6) is -0.658. The highest BCUT2D eigenvalue weighted by molar-refractivity contribution is 5.78. The Morgan fingerprint density at radius 3 is 2.22 bits per heavy atom. The third-order valence-electron chi connectivity index (χ3n) is 2.83. The van der Waals surface area contributed by atoms with E-state index in [0.717, 1.165) is 18.2 Å². The first kappa shape index (κ1) is 16.2. The van der Waals surface area contributed by atoms with Gasteiger partial charge in [0.1, 0.15) is 29.0 Å². The minimum Gasteiger partial charge on any atom is -0.507 e. The highest BCUT2D eigenvalue weighted by atomic mass is 19.1. The molecule has 0 radical (unpaired) electrons. The second-order valence-electron chi connectivity index (χ2n) is 4.42. The van der Waals surface area contributed by atoms with Crippen LogP contribution in [-0.4, -0.2) is 26.5 Å². The Morgan fingerprint density at radius 2 is 1.65 bits per heavy atom. The number of halogens is 2. The largest absolute Gasteiger partial charge is 0.507 e. The molecule has 23 heavy (non-hydrogen) atoms. The Hall–Kier alpha value is -3.22. The molecule has 7 heteroatoms. The maximum absolute atomic E-state index is 12.8. The number of benzene rings is 2. The molecule has 0 unspecified atom stereocenters. The summed E-state index contributed by atoms with van der Waals surface area (Å²) in [6.45, 7) is 0. The fourth-order valence-corrected chi connectivity index (χ4v) is 1.73. The number of H-pyrrole nitrogens is 1. The van der Waals surface area contributed by atoms with E-state index in [1.807, 2.05) is 0 Å². The molecule has 0 saturated carbocycles. The Bertz CT molecular complexity index is 805. The quantitative estimate of drug-likeness (QED) is 0.633. The van der Waals surface area contributed by atoms with E-state index < -0.39 is 11.6 Å². The minimum absolute atomic E-state index is 0.0105. The van der Waals surface area contributed by atoms with E-state index in [1.54, 1.807) is 12.4 Å². The maximum atomic E-state index is 12.8. The number of aromatic hydroxyl groups is 2. The highest BCUT2D eigenvalue weighted by Gasteiger charge is 2.06. The molecule has 5 nitrogen and oxygen atoms in total. The van der Waals surface area contributed by atoms with Crippen molar-refractivity contribution in [2.45, 2.75) is 0 Å². The van der Waals surface area contributed by atoms with Gasteiger partial charge in [-0.25, -0.2) is 13.8 Å². The van der Waals surface area contributed by atoms with Crippen LogP contribution in [-0.2, 0) is 0 Å². The van der Waals surface area contributed by atoms with Gasteiger partial charge in [-0.05, 0) is 36.4 Å². The van der Waals surface area contributed by atoms with E-state index in [9.17, 15) is 18.7 Å². The Kier molecular flexibility index (Phi) is 5.03. The van der Waals surface area contributed by atoms with Crippen LogP contribution in [0.4, 0.5) is 8.78 Å². The number of aldehydes is 1. The summed E-state index contributed by atoms with van der Waals surface area (Å²) in [5.41, 5.74) is 0.338. The third-order valence-corrected chi connectivity index (χ3v) is 2.83. The lowest BCUT2D eigenvalue weighted by atomic mass is 10.2. The van der Waals surface area contributed by atoms with Crippen LogP contribution in [0.15, 0.2) is 48.8 Å². The number of nitrogens with one attached hydrogen (secondary N) is 1. The lowest BCUT2D eigenvalue weighted by Crippen LogP contribution is -1.83. The van der Waals surface area contributed by atoms with Crippen molar-refractivity contribution < 1.29 is 23.8 Å². The van der Waals surface area contributed by atoms with E-state index >= 15 is 0 Å². The first-order valence-electron chi connectivity index (χ1n) is 6.43. The third kappa shape index (κ3) is 4.13. The molecule has 1 aromatic heterocycles. The second kappa shape index (κ2) is 7.17. The molecule has 0 atom stereocenters. The van der Waals surface area contributed by atoms with Gasteiger partial charge in [0.15, 0.2) is 6.29 Å². The van der Waals surface area contributed by atoms with Crippen molar-refractivity contribution in [3.05, 3.63) is 66.0 Å². The first-order valence-corrected chi connectivity index (χ1v) is 6.43. The van der Waals surface area contributed by atoms with Gasteiger partial charge in [0.2, 0.25) is 0 Å². The van der Waals surface area contributed by atoms with Gasteiger partial charge in [0.25, 0.3) is 0 Å². The molecule has 3 aromatic rings. The molecular formula is C16H12F2N2O3. The van der Waals surface area contributed by atoms with Gasteiger partial charge in [0.05, 0.1) is 11.1 Å². The van der Waals surface area contributed by atoms with Gasteiger partial charge in [-0.3, -0.25) is 4.79 Å². The molecule has 2 aromatic carbocycles. The van der Waals surface area contributed by atoms with Gasteiger partial charge in [0, 0.05) is 12.4 Å². The number of phenolic OH excluding ortho intramolecular Hbond substituents is 2. The predicted molar refractivity (Wildman–Crippen MR) is 79.1 cm³/mol. The molecule has 0 spiro atoms. The number of aromatic amines is 1. The summed E-state index contributed by atoms with van der Waals surface area (Å²) < 4.78 is 25.1. The highest BCUT2D eigenvalue weighted by Crippen LogP contribution is 2.26. The predicted octanol–water partition coefficient (Wildman–Crippen LogP) is 3.27. The molecule has 3 N–H and O–H groups in total. The molecule has 0 saturated heterocycles. The van der Waals surface area contributed by atoms with Crippen LogP contribution in [0, 0.1) is 11.6 Å². The fourth-order valence-electron chi connectivity index (χ4n) is 1.73. The minimum atomic E-state index is -0.528. The van der Waals surface area contributed by atoms with Crippen molar-refractivity contribution in [2.24, 2.45) is 0 Å². The first-order chi connectivity index (χ1) is 11.0.